The topological polar surface area (TPSA) is 94.9 Å². The van der Waals surface area contributed by atoms with Gasteiger partial charge < -0.3 is 14.0 Å². The molecule has 1 aromatic carbocycles. The zero-order valence-corrected chi connectivity index (χ0v) is 19.2. The molecule has 2 aromatic rings. The minimum absolute atomic E-state index is 0.0943. The van der Waals surface area contributed by atoms with Gasteiger partial charge in [0.25, 0.3) is 0 Å². The first-order valence-corrected chi connectivity index (χ1v) is 11.5. The Kier molecular flexibility index (Phi) is 6.68. The fourth-order valence-corrected chi connectivity index (χ4v) is 5.26. The summed E-state index contributed by atoms with van der Waals surface area (Å²) in [6.07, 6.45) is -0.385. The Morgan fingerprint density at radius 3 is 2.19 bits per heavy atom. The van der Waals surface area contributed by atoms with Gasteiger partial charge in [0, 0.05) is 37.1 Å². The molecule has 1 fully saturated rings. The van der Waals surface area contributed by atoms with Crippen LogP contribution >= 0.6 is 0 Å². The average Bonchev–Trinajstić information content (AvgIpc) is 2.98. The van der Waals surface area contributed by atoms with Crippen molar-refractivity contribution in [3.63, 3.8) is 0 Å². The molecule has 1 saturated heterocycles. The fourth-order valence-electron chi connectivity index (χ4n) is 3.67. The first-order valence-electron chi connectivity index (χ1n) is 10.1. The molecule has 0 aliphatic carbocycles. The van der Waals surface area contributed by atoms with E-state index >= 15 is 0 Å². The van der Waals surface area contributed by atoms with Gasteiger partial charge in [-0.15, -0.1) is 0 Å². The van der Waals surface area contributed by atoms with Crippen LogP contribution < -0.4 is 0 Å². The summed E-state index contributed by atoms with van der Waals surface area (Å²) in [5.41, 5.74) is 2.44. The second-order valence-corrected chi connectivity index (χ2v) is 9.88. The highest BCUT2D eigenvalue weighted by Crippen LogP contribution is 2.22. The van der Waals surface area contributed by atoms with Crippen LogP contribution in [0.4, 0.5) is 0 Å². The van der Waals surface area contributed by atoms with Gasteiger partial charge in [-0.25, -0.2) is 13.2 Å². The number of ketones is 1. The number of hydrogen-bond acceptors (Lipinski definition) is 6. The van der Waals surface area contributed by atoms with Crippen molar-refractivity contribution in [1.82, 2.24) is 8.87 Å². The summed E-state index contributed by atoms with van der Waals surface area (Å²) in [6.45, 7) is 7.55. The lowest BCUT2D eigenvalue weighted by Gasteiger charge is -2.34. The summed E-state index contributed by atoms with van der Waals surface area (Å²) in [4.78, 5) is 24.8. The number of ether oxygens (including phenoxy) is 2. The number of benzene rings is 1. The van der Waals surface area contributed by atoms with Crippen molar-refractivity contribution in [1.29, 1.82) is 0 Å². The Bertz CT molecular complexity index is 1080. The van der Waals surface area contributed by atoms with Crippen LogP contribution in [0.2, 0.25) is 0 Å². The van der Waals surface area contributed by atoms with Crippen LogP contribution in [-0.2, 0) is 26.5 Å². The molecule has 0 saturated carbocycles. The minimum atomic E-state index is -3.69. The van der Waals surface area contributed by atoms with E-state index in [1.807, 2.05) is 39.3 Å². The molecule has 168 valence electrons. The SMILES string of the molecule is Cc1cc(C(=O)COC(=O)c2ccc(S(=O)(=O)N3CC(C)OC(C)C3)cc2)c(C)n1C. The van der Waals surface area contributed by atoms with Gasteiger partial charge in [0.15, 0.2) is 6.61 Å². The third-order valence-electron chi connectivity index (χ3n) is 5.52. The minimum Gasteiger partial charge on any atom is -0.454 e. The molecule has 0 bridgehead atoms. The zero-order chi connectivity index (χ0) is 22.9. The Labute approximate surface area is 182 Å². The van der Waals surface area contributed by atoms with E-state index in [4.69, 9.17) is 9.47 Å². The molecule has 0 N–H and O–H groups in total. The summed E-state index contributed by atoms with van der Waals surface area (Å²) in [5.74, 6) is -0.972. The number of rotatable bonds is 6. The van der Waals surface area contributed by atoms with E-state index in [-0.39, 0.29) is 48.1 Å². The molecule has 1 aromatic heterocycles. The number of sulfonamides is 1. The van der Waals surface area contributed by atoms with Crippen molar-refractivity contribution in [3.8, 4) is 0 Å². The molecule has 2 unspecified atom stereocenters. The van der Waals surface area contributed by atoms with Crippen LogP contribution in [0.5, 0.6) is 0 Å². The molecular formula is C22H28N2O6S. The van der Waals surface area contributed by atoms with Crippen molar-refractivity contribution < 1.29 is 27.5 Å². The van der Waals surface area contributed by atoms with Gasteiger partial charge in [0.2, 0.25) is 15.8 Å². The van der Waals surface area contributed by atoms with E-state index in [1.165, 1.54) is 28.6 Å². The zero-order valence-electron chi connectivity index (χ0n) is 18.4. The quantitative estimate of drug-likeness (QED) is 0.498. The van der Waals surface area contributed by atoms with Crippen LogP contribution in [0.1, 0.15) is 46.0 Å². The highest BCUT2D eigenvalue weighted by molar-refractivity contribution is 7.89. The number of aryl methyl sites for hydroxylation is 1. The maximum atomic E-state index is 12.9. The molecule has 0 spiro atoms. The van der Waals surface area contributed by atoms with Crippen LogP contribution in [0, 0.1) is 13.8 Å². The number of morpholine rings is 1. The lowest BCUT2D eigenvalue weighted by atomic mass is 10.1. The van der Waals surface area contributed by atoms with Crippen molar-refractivity contribution in [2.24, 2.45) is 7.05 Å². The standard InChI is InChI=1S/C22H28N2O6S/c1-14-10-20(17(4)23(14)5)21(25)13-29-22(26)18-6-8-19(9-7-18)31(27,28)24-11-15(2)30-16(3)12-24/h6-10,15-16H,11-13H2,1-5H3. The monoisotopic (exact) mass is 448 g/mol. The predicted octanol–water partition coefficient (Wildman–Crippen LogP) is 2.48. The van der Waals surface area contributed by atoms with Gasteiger partial charge in [-0.1, -0.05) is 0 Å². The normalized spacial score (nSPS) is 19.9. The second kappa shape index (κ2) is 8.94. The highest BCUT2D eigenvalue weighted by atomic mass is 32.2. The maximum Gasteiger partial charge on any atom is 0.338 e. The number of carbonyl (C=O) groups is 2. The lowest BCUT2D eigenvalue weighted by molar-refractivity contribution is -0.0440. The molecule has 0 radical (unpaired) electrons. The first-order chi connectivity index (χ1) is 14.5. The van der Waals surface area contributed by atoms with Crippen LogP contribution in [0.15, 0.2) is 35.2 Å². The van der Waals surface area contributed by atoms with Gasteiger partial charge >= 0.3 is 5.97 Å². The van der Waals surface area contributed by atoms with E-state index in [9.17, 15) is 18.0 Å². The molecule has 1 aliphatic rings. The summed E-state index contributed by atoms with van der Waals surface area (Å²) in [5, 5.41) is 0. The summed E-state index contributed by atoms with van der Waals surface area (Å²) >= 11 is 0. The second-order valence-electron chi connectivity index (χ2n) is 7.95. The van der Waals surface area contributed by atoms with Gasteiger partial charge in [-0.05, 0) is 58.0 Å². The molecule has 9 heteroatoms. The largest absolute Gasteiger partial charge is 0.454 e. The van der Waals surface area contributed by atoms with Crippen LogP contribution in [0.3, 0.4) is 0 Å². The molecule has 2 atom stereocenters. The molecular weight excluding hydrogens is 420 g/mol. The van der Waals surface area contributed by atoms with Gasteiger partial charge in [-0.2, -0.15) is 4.31 Å². The van der Waals surface area contributed by atoms with Crippen LogP contribution in [-0.4, -0.2) is 60.9 Å². The highest BCUT2D eigenvalue weighted by Gasteiger charge is 2.32. The number of hydrogen-bond donors (Lipinski definition) is 0. The van der Waals surface area contributed by atoms with E-state index in [1.54, 1.807) is 6.07 Å². The van der Waals surface area contributed by atoms with Crippen LogP contribution in [0.25, 0.3) is 0 Å². The molecule has 2 heterocycles. The Balaban J connectivity index is 1.66. The van der Waals surface area contributed by atoms with Crippen molar-refractivity contribution in [3.05, 3.63) is 52.8 Å². The van der Waals surface area contributed by atoms with E-state index in [2.05, 4.69) is 0 Å². The first kappa shape index (κ1) is 23.2. The molecule has 31 heavy (non-hydrogen) atoms. The van der Waals surface area contributed by atoms with E-state index in [0.29, 0.717) is 5.56 Å². The van der Waals surface area contributed by atoms with Gasteiger partial charge in [-0.3, -0.25) is 4.79 Å². The average molecular weight is 449 g/mol. The number of nitrogens with zero attached hydrogens (tertiary/aromatic N) is 2. The Morgan fingerprint density at radius 2 is 1.68 bits per heavy atom. The number of carbonyl (C=O) groups excluding carboxylic acids is 2. The fraction of sp³-hybridized carbons (Fsp3) is 0.455. The third kappa shape index (κ3) is 4.89. The molecule has 1 aliphatic heterocycles. The maximum absolute atomic E-state index is 12.9. The van der Waals surface area contributed by atoms with Crippen molar-refractivity contribution in [2.45, 2.75) is 44.8 Å². The predicted molar refractivity (Wildman–Crippen MR) is 115 cm³/mol. The lowest BCUT2D eigenvalue weighted by Crippen LogP contribution is -2.48. The van der Waals surface area contributed by atoms with Crippen molar-refractivity contribution in [2.75, 3.05) is 19.7 Å². The smallest absolute Gasteiger partial charge is 0.338 e. The van der Waals surface area contributed by atoms with Gasteiger partial charge in [0.05, 0.1) is 22.7 Å². The molecule has 3 rings (SSSR count). The Hall–Kier alpha value is -2.49. The Morgan fingerprint density at radius 1 is 1.10 bits per heavy atom. The van der Waals surface area contributed by atoms with Crippen molar-refractivity contribution >= 4 is 21.8 Å². The number of Topliss-reactive ketones (excluding diaryl/α,β-unsaturated/α-hetero) is 1. The molecule has 0 amide bonds. The van der Waals surface area contributed by atoms with E-state index in [0.717, 1.165) is 11.4 Å². The molecule has 8 nitrogen and oxygen atoms in total. The van der Waals surface area contributed by atoms with Gasteiger partial charge in [0.1, 0.15) is 0 Å². The summed E-state index contributed by atoms with van der Waals surface area (Å²) in [6, 6.07) is 7.31. The number of esters is 1. The third-order valence-corrected chi connectivity index (χ3v) is 7.37. The van der Waals surface area contributed by atoms with E-state index < -0.39 is 16.0 Å². The number of aromatic nitrogens is 1. The summed E-state index contributed by atoms with van der Waals surface area (Å²) in [7, 11) is -1.83. The summed E-state index contributed by atoms with van der Waals surface area (Å²) < 4.78 is 39.8.